The van der Waals surface area contributed by atoms with E-state index >= 15 is 0 Å². The maximum Gasteiger partial charge on any atom is 0.362 e. The molecule has 0 unspecified atom stereocenters. The molecular weight excluding hydrogens is 390 g/mol. The topological polar surface area (TPSA) is 108 Å². The number of benzene rings is 1. The van der Waals surface area contributed by atoms with Gasteiger partial charge in [0.15, 0.2) is 11.2 Å². The zero-order valence-corrected chi connectivity index (χ0v) is 17.4. The molecule has 0 saturated carbocycles. The van der Waals surface area contributed by atoms with Crippen molar-refractivity contribution in [1.82, 2.24) is 15.0 Å². The summed E-state index contributed by atoms with van der Waals surface area (Å²) in [6, 6.07) is 8.84. The number of fused-ring (bicyclic) bond motifs is 1. The van der Waals surface area contributed by atoms with E-state index in [1.807, 2.05) is 51.5 Å². The molecule has 3 N–H and O–H groups in total. The van der Waals surface area contributed by atoms with E-state index in [0.29, 0.717) is 21.7 Å². The molecule has 2 heterocycles. The molecule has 0 aliphatic heterocycles. The Labute approximate surface area is 172 Å². The second kappa shape index (κ2) is 8.62. The van der Waals surface area contributed by atoms with Crippen LogP contribution in [0.1, 0.15) is 5.69 Å². The van der Waals surface area contributed by atoms with E-state index in [4.69, 9.17) is 0 Å². The van der Waals surface area contributed by atoms with Gasteiger partial charge in [0, 0.05) is 23.5 Å². The molecule has 0 radical (unpaired) electrons. The van der Waals surface area contributed by atoms with Gasteiger partial charge >= 0.3 is 5.97 Å². The van der Waals surface area contributed by atoms with Gasteiger partial charge in [-0.2, -0.15) is 0 Å². The standard InChI is InChI=1S/C20H23N5O3S/c1-25(2,3)16(19(27)28)10-14-11-22-20(23-14)29-12-17(26)24-15-8-4-6-13-7-5-9-21-18(13)15/h4-9,11,16H,10,12H2,1-3H3,(H2-,22,23,24,26,27,28)/p+1/t16-/m0/s1. The Balaban J connectivity index is 1.59. The summed E-state index contributed by atoms with van der Waals surface area (Å²) in [6.45, 7) is 0. The maximum atomic E-state index is 12.4. The molecule has 0 spiro atoms. The number of aromatic amines is 1. The van der Waals surface area contributed by atoms with Crippen molar-refractivity contribution in [1.29, 1.82) is 0 Å². The van der Waals surface area contributed by atoms with Crippen LogP contribution in [0.5, 0.6) is 0 Å². The first-order valence-corrected chi connectivity index (χ1v) is 10.1. The van der Waals surface area contributed by atoms with Crippen LogP contribution in [0.25, 0.3) is 10.9 Å². The summed E-state index contributed by atoms with van der Waals surface area (Å²) in [6.07, 6.45) is 3.65. The van der Waals surface area contributed by atoms with Crippen LogP contribution in [0.4, 0.5) is 5.69 Å². The number of quaternary nitrogens is 1. The van der Waals surface area contributed by atoms with Crippen LogP contribution in [-0.4, -0.2) is 69.4 Å². The lowest BCUT2D eigenvalue weighted by atomic mass is 10.1. The number of likely N-dealkylation sites (N-methyl/N-ethyl adjacent to an activating group) is 1. The minimum atomic E-state index is -0.857. The van der Waals surface area contributed by atoms with Crippen molar-refractivity contribution in [3.8, 4) is 0 Å². The molecule has 152 valence electrons. The Morgan fingerprint density at radius 1 is 1.21 bits per heavy atom. The van der Waals surface area contributed by atoms with Gasteiger partial charge in [-0.25, -0.2) is 9.78 Å². The van der Waals surface area contributed by atoms with Gasteiger partial charge < -0.3 is 19.9 Å². The average Bonchev–Trinajstić information content (AvgIpc) is 3.11. The number of hydrogen-bond acceptors (Lipinski definition) is 5. The second-order valence-electron chi connectivity index (χ2n) is 7.61. The van der Waals surface area contributed by atoms with Crippen molar-refractivity contribution in [3.05, 3.63) is 48.4 Å². The first-order chi connectivity index (χ1) is 13.7. The number of para-hydroxylation sites is 1. The lowest BCUT2D eigenvalue weighted by Gasteiger charge is -2.30. The van der Waals surface area contributed by atoms with Crippen LogP contribution in [0.15, 0.2) is 47.9 Å². The average molecular weight is 415 g/mol. The van der Waals surface area contributed by atoms with Gasteiger partial charge in [0.05, 0.1) is 44.5 Å². The summed E-state index contributed by atoms with van der Waals surface area (Å²) in [5.74, 6) is -0.848. The first-order valence-electron chi connectivity index (χ1n) is 9.08. The number of thioether (sulfide) groups is 1. The first kappa shape index (κ1) is 20.8. The minimum Gasteiger partial charge on any atom is -0.477 e. The Morgan fingerprint density at radius 3 is 2.69 bits per heavy atom. The number of amides is 1. The zero-order chi connectivity index (χ0) is 21.0. The number of imidazole rings is 1. The number of carbonyl (C=O) groups is 2. The maximum absolute atomic E-state index is 12.4. The number of nitrogens with zero attached hydrogens (tertiary/aromatic N) is 3. The summed E-state index contributed by atoms with van der Waals surface area (Å²) >= 11 is 1.27. The van der Waals surface area contributed by atoms with E-state index < -0.39 is 12.0 Å². The SMILES string of the molecule is C[N+](C)(C)[C@@H](Cc1cnc(SCC(=O)Nc2cccc3cccnc23)[nH]1)C(=O)O. The van der Waals surface area contributed by atoms with Gasteiger partial charge in [-0.3, -0.25) is 9.78 Å². The highest BCUT2D eigenvalue weighted by Gasteiger charge is 2.32. The van der Waals surface area contributed by atoms with Crippen LogP contribution in [-0.2, 0) is 16.0 Å². The van der Waals surface area contributed by atoms with E-state index in [-0.39, 0.29) is 11.7 Å². The molecule has 1 aromatic carbocycles. The van der Waals surface area contributed by atoms with Crippen molar-refractivity contribution in [2.45, 2.75) is 17.6 Å². The third-order valence-corrected chi connectivity index (χ3v) is 5.37. The third kappa shape index (κ3) is 5.33. The van der Waals surface area contributed by atoms with Gasteiger partial charge in [-0.05, 0) is 12.1 Å². The number of aromatic nitrogens is 3. The lowest BCUT2D eigenvalue weighted by Crippen LogP contribution is -2.51. The third-order valence-electron chi connectivity index (χ3n) is 4.49. The van der Waals surface area contributed by atoms with Crippen molar-refractivity contribution >= 4 is 40.2 Å². The number of hydrogen-bond donors (Lipinski definition) is 3. The highest BCUT2D eigenvalue weighted by molar-refractivity contribution is 7.99. The molecule has 3 aromatic rings. The number of nitrogens with one attached hydrogen (secondary N) is 2. The Bertz CT molecular complexity index is 1020. The van der Waals surface area contributed by atoms with Crippen LogP contribution < -0.4 is 5.32 Å². The smallest absolute Gasteiger partial charge is 0.362 e. The number of carboxylic acids is 1. The van der Waals surface area contributed by atoms with E-state index in [2.05, 4.69) is 20.3 Å². The molecule has 3 rings (SSSR count). The zero-order valence-electron chi connectivity index (χ0n) is 16.5. The summed E-state index contributed by atoms with van der Waals surface area (Å²) in [7, 11) is 5.53. The molecule has 0 aliphatic carbocycles. The number of pyridine rings is 1. The van der Waals surface area contributed by atoms with E-state index in [9.17, 15) is 14.7 Å². The highest BCUT2D eigenvalue weighted by atomic mass is 32.2. The normalized spacial score (nSPS) is 12.7. The largest absolute Gasteiger partial charge is 0.477 e. The Morgan fingerprint density at radius 2 is 1.97 bits per heavy atom. The van der Waals surface area contributed by atoms with Crippen LogP contribution in [0.3, 0.4) is 0 Å². The fraction of sp³-hybridized carbons (Fsp3) is 0.300. The number of rotatable bonds is 8. The molecule has 0 aliphatic rings. The van der Waals surface area contributed by atoms with Crippen LogP contribution >= 0.6 is 11.8 Å². The van der Waals surface area contributed by atoms with Gasteiger partial charge in [-0.15, -0.1) is 0 Å². The number of anilines is 1. The Hall–Kier alpha value is -2.91. The van der Waals surface area contributed by atoms with Gasteiger partial charge in [0.25, 0.3) is 0 Å². The van der Waals surface area contributed by atoms with E-state index in [0.717, 1.165) is 16.6 Å². The summed E-state index contributed by atoms with van der Waals surface area (Å²) in [5, 5.41) is 13.9. The fourth-order valence-corrected chi connectivity index (χ4v) is 3.61. The van der Waals surface area contributed by atoms with Crippen molar-refractivity contribution in [2.75, 3.05) is 32.2 Å². The van der Waals surface area contributed by atoms with Crippen molar-refractivity contribution in [3.63, 3.8) is 0 Å². The van der Waals surface area contributed by atoms with Crippen molar-refractivity contribution < 1.29 is 19.2 Å². The van der Waals surface area contributed by atoms with E-state index in [1.165, 1.54) is 11.8 Å². The lowest BCUT2D eigenvalue weighted by molar-refractivity contribution is -0.887. The number of carbonyl (C=O) groups excluding carboxylic acids is 1. The quantitative estimate of drug-likeness (QED) is 0.386. The number of aliphatic carboxylic acids is 1. The molecule has 1 atom stereocenters. The second-order valence-corrected chi connectivity index (χ2v) is 8.57. The predicted molar refractivity (Wildman–Crippen MR) is 113 cm³/mol. The number of H-pyrrole nitrogens is 1. The molecule has 0 saturated heterocycles. The molecule has 2 aromatic heterocycles. The fourth-order valence-electron chi connectivity index (χ4n) is 2.94. The highest BCUT2D eigenvalue weighted by Crippen LogP contribution is 2.22. The van der Waals surface area contributed by atoms with Crippen LogP contribution in [0.2, 0.25) is 0 Å². The molecular formula is C20H24N5O3S+. The van der Waals surface area contributed by atoms with Gasteiger partial charge in [0.2, 0.25) is 5.91 Å². The molecule has 29 heavy (non-hydrogen) atoms. The summed E-state index contributed by atoms with van der Waals surface area (Å²) in [4.78, 5) is 35.6. The monoisotopic (exact) mass is 414 g/mol. The molecule has 8 nitrogen and oxygen atoms in total. The molecule has 9 heteroatoms. The Kier molecular flexibility index (Phi) is 6.19. The molecule has 0 bridgehead atoms. The summed E-state index contributed by atoms with van der Waals surface area (Å²) < 4.78 is 0.304. The van der Waals surface area contributed by atoms with Crippen LogP contribution in [0, 0.1) is 0 Å². The predicted octanol–water partition coefficient (Wildman–Crippen LogP) is 2.39. The number of carboxylic acid groups (broad SMARTS) is 1. The molecule has 0 fully saturated rings. The van der Waals surface area contributed by atoms with Crippen molar-refractivity contribution in [2.24, 2.45) is 0 Å². The minimum absolute atomic E-state index is 0.166. The molecule has 1 amide bonds. The van der Waals surface area contributed by atoms with Gasteiger partial charge in [0.1, 0.15) is 0 Å². The van der Waals surface area contributed by atoms with E-state index in [1.54, 1.807) is 12.4 Å². The van der Waals surface area contributed by atoms with Gasteiger partial charge in [-0.1, -0.05) is 30.0 Å². The summed E-state index contributed by atoms with van der Waals surface area (Å²) in [5.41, 5.74) is 2.14.